The Hall–Kier alpha value is -4.86. The van der Waals surface area contributed by atoms with Gasteiger partial charge in [-0.15, -0.1) is 35.7 Å². The van der Waals surface area contributed by atoms with Crippen LogP contribution in [0, 0.1) is 12.1 Å². The number of nitrogens with zero attached hydrogens (tertiary/aromatic N) is 4. The van der Waals surface area contributed by atoms with Gasteiger partial charge in [-0.05, 0) is 69.8 Å². The summed E-state index contributed by atoms with van der Waals surface area (Å²) in [6.45, 7) is 14.1. The van der Waals surface area contributed by atoms with E-state index in [0.717, 1.165) is 44.7 Å². The molecule has 0 saturated heterocycles. The predicted molar refractivity (Wildman–Crippen MR) is 202 cm³/mol. The maximum atomic E-state index is 6.54. The monoisotopic (exact) mass is 835 g/mol. The number of pyridine rings is 1. The summed E-state index contributed by atoms with van der Waals surface area (Å²) in [5, 5.41) is 2.27. The van der Waals surface area contributed by atoms with E-state index >= 15 is 0 Å². The third kappa shape index (κ3) is 6.09. The van der Waals surface area contributed by atoms with Gasteiger partial charge in [-0.25, -0.2) is 4.98 Å². The number of ether oxygens (including phenoxy) is 1. The minimum Gasteiger partial charge on any atom is -0.509 e. The summed E-state index contributed by atoms with van der Waals surface area (Å²) in [4.78, 5) is 9.49. The molecule has 5 nitrogen and oxygen atoms in total. The molecule has 252 valence electrons. The summed E-state index contributed by atoms with van der Waals surface area (Å²) in [5.41, 5.74) is 8.93. The van der Waals surface area contributed by atoms with Crippen molar-refractivity contribution in [3.63, 3.8) is 0 Å². The van der Waals surface area contributed by atoms with E-state index < -0.39 is 0 Å². The molecule has 5 aromatic carbocycles. The fourth-order valence-electron chi connectivity index (χ4n) is 6.71. The molecule has 0 unspecified atom stereocenters. The number of para-hydroxylation sites is 3. The molecule has 1 aliphatic heterocycles. The Morgan fingerprint density at radius 2 is 1.28 bits per heavy atom. The third-order valence-electron chi connectivity index (χ3n) is 9.43. The maximum Gasteiger partial charge on any atom is 2.00 e. The van der Waals surface area contributed by atoms with Gasteiger partial charge in [0.25, 0.3) is 0 Å². The van der Waals surface area contributed by atoms with Crippen molar-refractivity contribution >= 4 is 44.6 Å². The SMILES string of the molecule is CC(C)(C)c1ccnc(-n2c3[c-]c(Oc4[c-]c(N5CN(c6ccccc6)c6ccccc65)ccc4)ccc3c3ccc(C(C)(C)C)cc32)c1.[Pt+2]. The standard InChI is InChI=1S/C44H40N4O.Pt/c1-43(2,3)30-19-21-36-37-22-20-35(28-41(37)48(40(36)25-30)42-26-31(23-24-45-42)44(4,5)6)49-34-16-12-15-33(27-34)47-29-46(32-13-8-7-9-14-32)38-17-10-11-18-39(38)47;/h7-26H,29H2,1-6H3;/q-2;+2. The molecule has 0 spiro atoms. The van der Waals surface area contributed by atoms with Gasteiger partial charge in [0, 0.05) is 28.9 Å². The fourth-order valence-corrected chi connectivity index (χ4v) is 6.71. The average Bonchev–Trinajstić information content (AvgIpc) is 3.64. The minimum absolute atomic E-state index is 0. The molecule has 0 amide bonds. The van der Waals surface area contributed by atoms with Crippen molar-refractivity contribution in [2.75, 3.05) is 16.5 Å². The first-order valence-electron chi connectivity index (χ1n) is 16.9. The van der Waals surface area contributed by atoms with Crippen LogP contribution in [-0.4, -0.2) is 16.2 Å². The number of benzene rings is 5. The van der Waals surface area contributed by atoms with E-state index in [9.17, 15) is 0 Å². The molecule has 0 N–H and O–H groups in total. The first kappa shape index (κ1) is 33.6. The number of hydrogen-bond acceptors (Lipinski definition) is 4. The second-order valence-electron chi connectivity index (χ2n) is 14.9. The van der Waals surface area contributed by atoms with E-state index in [0.29, 0.717) is 18.2 Å². The van der Waals surface area contributed by atoms with Crippen molar-refractivity contribution in [1.29, 1.82) is 0 Å². The summed E-state index contributed by atoms with van der Waals surface area (Å²) < 4.78 is 8.78. The van der Waals surface area contributed by atoms with Crippen LogP contribution in [0.25, 0.3) is 27.6 Å². The van der Waals surface area contributed by atoms with Crippen LogP contribution in [0.5, 0.6) is 11.5 Å². The summed E-state index contributed by atoms with van der Waals surface area (Å²) in [5.74, 6) is 2.13. The quantitative estimate of drug-likeness (QED) is 0.162. The van der Waals surface area contributed by atoms with Crippen molar-refractivity contribution in [3.05, 3.63) is 145 Å². The van der Waals surface area contributed by atoms with Crippen LogP contribution in [0.2, 0.25) is 0 Å². The zero-order valence-electron chi connectivity index (χ0n) is 29.3. The largest absolute Gasteiger partial charge is 2.00 e. The van der Waals surface area contributed by atoms with Gasteiger partial charge < -0.3 is 19.1 Å². The van der Waals surface area contributed by atoms with E-state index in [2.05, 4.69) is 159 Å². The van der Waals surface area contributed by atoms with Crippen LogP contribution < -0.4 is 14.5 Å². The molecule has 0 atom stereocenters. The van der Waals surface area contributed by atoms with E-state index in [1.54, 1.807) is 0 Å². The van der Waals surface area contributed by atoms with E-state index in [1.165, 1.54) is 16.8 Å². The van der Waals surface area contributed by atoms with E-state index in [-0.39, 0.29) is 31.9 Å². The first-order chi connectivity index (χ1) is 23.5. The molecule has 7 aromatic rings. The van der Waals surface area contributed by atoms with Crippen LogP contribution in [0.4, 0.5) is 22.7 Å². The Bertz CT molecular complexity index is 2330. The Balaban J connectivity index is 0.00000392. The van der Waals surface area contributed by atoms with Crippen LogP contribution in [-0.2, 0) is 31.9 Å². The van der Waals surface area contributed by atoms with Gasteiger partial charge in [-0.1, -0.05) is 95.2 Å². The maximum absolute atomic E-state index is 6.54. The topological polar surface area (TPSA) is 33.5 Å². The van der Waals surface area contributed by atoms with Crippen molar-refractivity contribution in [3.8, 4) is 17.3 Å². The number of rotatable bonds is 5. The third-order valence-corrected chi connectivity index (χ3v) is 9.43. The van der Waals surface area contributed by atoms with Crippen molar-refractivity contribution in [1.82, 2.24) is 9.55 Å². The van der Waals surface area contributed by atoms with Crippen LogP contribution >= 0.6 is 0 Å². The summed E-state index contributed by atoms with van der Waals surface area (Å²) in [7, 11) is 0. The Morgan fingerprint density at radius 1 is 0.620 bits per heavy atom. The molecule has 6 heteroatoms. The number of aromatic nitrogens is 2. The summed E-state index contributed by atoms with van der Waals surface area (Å²) >= 11 is 0. The number of anilines is 4. The zero-order chi connectivity index (χ0) is 33.9. The average molecular weight is 836 g/mol. The van der Waals surface area contributed by atoms with Crippen LogP contribution in [0.1, 0.15) is 52.7 Å². The zero-order valence-corrected chi connectivity index (χ0v) is 31.5. The van der Waals surface area contributed by atoms with Gasteiger partial charge in [-0.2, -0.15) is 12.1 Å². The van der Waals surface area contributed by atoms with Gasteiger partial charge >= 0.3 is 21.1 Å². The predicted octanol–water partition coefficient (Wildman–Crippen LogP) is 11.4. The molecular weight excluding hydrogens is 796 g/mol. The molecular formula is C44H40N4OPt. The Labute approximate surface area is 309 Å². The van der Waals surface area contributed by atoms with Gasteiger partial charge in [0.05, 0.1) is 18.0 Å². The normalized spacial score (nSPS) is 13.1. The van der Waals surface area contributed by atoms with E-state index in [4.69, 9.17) is 9.72 Å². The molecule has 0 bridgehead atoms. The molecule has 0 fully saturated rings. The van der Waals surface area contributed by atoms with Crippen molar-refractivity contribution < 1.29 is 25.8 Å². The van der Waals surface area contributed by atoms with Gasteiger partial charge in [0.15, 0.2) is 0 Å². The van der Waals surface area contributed by atoms with Gasteiger partial charge in [-0.3, -0.25) is 0 Å². The molecule has 0 radical (unpaired) electrons. The Kier molecular flexibility index (Phi) is 8.60. The van der Waals surface area contributed by atoms with Gasteiger partial charge in [0.2, 0.25) is 0 Å². The first-order valence-corrected chi connectivity index (χ1v) is 16.9. The molecule has 0 aliphatic carbocycles. The van der Waals surface area contributed by atoms with Crippen LogP contribution in [0.3, 0.4) is 0 Å². The van der Waals surface area contributed by atoms with Crippen molar-refractivity contribution in [2.24, 2.45) is 0 Å². The van der Waals surface area contributed by atoms with Crippen LogP contribution in [0.15, 0.2) is 121 Å². The molecule has 3 heterocycles. The molecule has 1 aliphatic rings. The Morgan fingerprint density at radius 3 is 2.02 bits per heavy atom. The number of hydrogen-bond donors (Lipinski definition) is 0. The second-order valence-corrected chi connectivity index (χ2v) is 14.9. The number of fused-ring (bicyclic) bond motifs is 4. The van der Waals surface area contributed by atoms with E-state index in [1.807, 2.05) is 30.5 Å². The molecule has 8 rings (SSSR count). The van der Waals surface area contributed by atoms with Gasteiger partial charge in [0.1, 0.15) is 5.82 Å². The summed E-state index contributed by atoms with van der Waals surface area (Å²) in [6, 6.07) is 47.5. The van der Waals surface area contributed by atoms with Crippen molar-refractivity contribution in [2.45, 2.75) is 52.4 Å². The molecule has 2 aromatic heterocycles. The molecule has 50 heavy (non-hydrogen) atoms. The fraction of sp³-hybridized carbons (Fsp3) is 0.205. The second kappa shape index (κ2) is 12.8. The smallest absolute Gasteiger partial charge is 0.509 e. The molecule has 0 saturated carbocycles. The minimum atomic E-state index is -0.0140. The summed E-state index contributed by atoms with van der Waals surface area (Å²) in [6.07, 6.45) is 1.91.